The lowest BCUT2D eigenvalue weighted by Gasteiger charge is -2.04. The van der Waals surface area contributed by atoms with Crippen LogP contribution in [0.2, 0.25) is 5.15 Å². The first-order chi connectivity index (χ1) is 8.06. The number of nitrogens with one attached hydrogen (secondary N) is 1. The third kappa shape index (κ3) is 3.42. The number of aromatic nitrogens is 2. The van der Waals surface area contributed by atoms with Crippen LogP contribution >= 0.6 is 11.6 Å². The molecule has 90 valence electrons. The number of anilines is 2. The summed E-state index contributed by atoms with van der Waals surface area (Å²) in [6.07, 6.45) is 4.31. The molecule has 8 heteroatoms. The van der Waals surface area contributed by atoms with Crippen molar-refractivity contribution in [2.24, 2.45) is 4.99 Å². The van der Waals surface area contributed by atoms with Gasteiger partial charge in [0.25, 0.3) is 5.91 Å². The summed E-state index contributed by atoms with van der Waals surface area (Å²) in [4.78, 5) is 22.8. The first-order valence-corrected chi connectivity index (χ1v) is 4.96. The molecule has 0 aliphatic heterocycles. The highest BCUT2D eigenvalue weighted by Gasteiger charge is 2.14. The molecule has 1 aromatic rings. The molecule has 5 N–H and O–H groups in total. The summed E-state index contributed by atoms with van der Waals surface area (Å²) in [6, 6.07) is 0. The SMILES string of the molecule is C/C=N\C=C/NC(=O)c1nc(Cl)c(N)nc1N. The number of nitrogens with zero attached hydrogens (tertiary/aromatic N) is 3. The monoisotopic (exact) mass is 254 g/mol. The molecule has 17 heavy (non-hydrogen) atoms. The van der Waals surface area contributed by atoms with Gasteiger partial charge in [-0.1, -0.05) is 11.6 Å². The van der Waals surface area contributed by atoms with E-state index in [1.165, 1.54) is 12.4 Å². The molecule has 0 atom stereocenters. The number of nitrogen functional groups attached to an aromatic ring is 2. The average molecular weight is 255 g/mol. The molecule has 0 aromatic carbocycles. The van der Waals surface area contributed by atoms with E-state index in [0.29, 0.717) is 0 Å². The molecule has 1 rings (SSSR count). The molecule has 0 fully saturated rings. The molecule has 7 nitrogen and oxygen atoms in total. The van der Waals surface area contributed by atoms with Crippen molar-refractivity contribution in [1.29, 1.82) is 0 Å². The number of carbonyl (C=O) groups excluding carboxylic acids is 1. The topological polar surface area (TPSA) is 119 Å². The van der Waals surface area contributed by atoms with Gasteiger partial charge < -0.3 is 16.8 Å². The van der Waals surface area contributed by atoms with Crippen LogP contribution in [0.4, 0.5) is 11.6 Å². The maximum Gasteiger partial charge on any atom is 0.277 e. The van der Waals surface area contributed by atoms with E-state index in [4.69, 9.17) is 23.1 Å². The van der Waals surface area contributed by atoms with Crippen LogP contribution in [0, 0.1) is 0 Å². The summed E-state index contributed by atoms with van der Waals surface area (Å²) >= 11 is 5.64. The minimum absolute atomic E-state index is 0.0214. The Morgan fingerprint density at radius 3 is 2.76 bits per heavy atom. The zero-order valence-electron chi connectivity index (χ0n) is 9.01. The zero-order chi connectivity index (χ0) is 12.8. The Labute approximate surface area is 103 Å². The van der Waals surface area contributed by atoms with Crippen molar-refractivity contribution in [2.75, 3.05) is 11.5 Å². The van der Waals surface area contributed by atoms with Crippen LogP contribution in [-0.2, 0) is 0 Å². The van der Waals surface area contributed by atoms with Crippen LogP contribution in [0.25, 0.3) is 0 Å². The third-order valence-electron chi connectivity index (χ3n) is 1.64. The number of amides is 1. The Hall–Kier alpha value is -2.15. The van der Waals surface area contributed by atoms with E-state index in [0.717, 1.165) is 0 Å². The maximum absolute atomic E-state index is 11.6. The number of carbonyl (C=O) groups is 1. The van der Waals surface area contributed by atoms with Crippen molar-refractivity contribution in [1.82, 2.24) is 15.3 Å². The van der Waals surface area contributed by atoms with Gasteiger partial charge in [-0.25, -0.2) is 9.97 Å². The summed E-state index contributed by atoms with van der Waals surface area (Å²) in [5.74, 6) is -0.650. The predicted molar refractivity (Wildman–Crippen MR) is 66.6 cm³/mol. The van der Waals surface area contributed by atoms with Gasteiger partial charge in [0, 0.05) is 18.6 Å². The Bertz CT molecular complexity index is 485. The predicted octanol–water partition coefficient (Wildman–Crippen LogP) is 0.586. The second-order valence-electron chi connectivity index (χ2n) is 2.83. The van der Waals surface area contributed by atoms with Crippen LogP contribution in [0.15, 0.2) is 17.4 Å². The van der Waals surface area contributed by atoms with E-state index in [2.05, 4.69) is 20.3 Å². The van der Waals surface area contributed by atoms with Gasteiger partial charge in [-0.15, -0.1) is 0 Å². The van der Waals surface area contributed by atoms with Gasteiger partial charge in [-0.2, -0.15) is 0 Å². The Morgan fingerprint density at radius 2 is 2.12 bits per heavy atom. The van der Waals surface area contributed by atoms with Crippen LogP contribution in [0.3, 0.4) is 0 Å². The Kier molecular flexibility index (Phi) is 4.41. The molecule has 0 saturated heterocycles. The molecular formula is C9H11ClN6O. The number of rotatable bonds is 3. The lowest BCUT2D eigenvalue weighted by Crippen LogP contribution is -2.21. The van der Waals surface area contributed by atoms with E-state index >= 15 is 0 Å². The van der Waals surface area contributed by atoms with E-state index in [1.54, 1.807) is 13.1 Å². The maximum atomic E-state index is 11.6. The largest absolute Gasteiger partial charge is 0.382 e. The fourth-order valence-electron chi connectivity index (χ4n) is 0.919. The molecule has 0 bridgehead atoms. The van der Waals surface area contributed by atoms with Crippen molar-refractivity contribution >= 4 is 35.4 Å². The molecule has 0 aliphatic carbocycles. The highest BCUT2D eigenvalue weighted by Crippen LogP contribution is 2.16. The molecule has 0 radical (unpaired) electrons. The van der Waals surface area contributed by atoms with Crippen LogP contribution in [-0.4, -0.2) is 22.1 Å². The van der Waals surface area contributed by atoms with Gasteiger partial charge in [0.05, 0.1) is 0 Å². The molecular weight excluding hydrogens is 244 g/mol. The van der Waals surface area contributed by atoms with Gasteiger partial charge in [-0.05, 0) is 6.92 Å². The van der Waals surface area contributed by atoms with Crippen molar-refractivity contribution in [2.45, 2.75) is 6.92 Å². The highest BCUT2D eigenvalue weighted by atomic mass is 35.5. The molecule has 1 amide bonds. The van der Waals surface area contributed by atoms with Crippen molar-refractivity contribution in [3.05, 3.63) is 23.2 Å². The molecule has 0 unspecified atom stereocenters. The summed E-state index contributed by atoms with van der Waals surface area (Å²) in [7, 11) is 0. The van der Waals surface area contributed by atoms with Crippen molar-refractivity contribution < 1.29 is 4.79 Å². The van der Waals surface area contributed by atoms with Gasteiger partial charge in [0.1, 0.15) is 0 Å². The Balaban J connectivity index is 2.86. The standard InChI is InChI=1S/C9H11ClN6O/c1-2-13-3-4-14-9(17)5-7(11)16-8(12)6(10)15-5/h2-4H,1H3,(H,14,17)(H4,11,12,16)/b4-3-,13-2-. The smallest absolute Gasteiger partial charge is 0.277 e. The molecule has 1 heterocycles. The summed E-state index contributed by atoms with van der Waals surface area (Å²) < 4.78 is 0. The fourth-order valence-corrected chi connectivity index (χ4v) is 1.05. The van der Waals surface area contributed by atoms with Crippen molar-refractivity contribution in [3.63, 3.8) is 0 Å². The van der Waals surface area contributed by atoms with E-state index in [1.807, 2.05) is 0 Å². The molecule has 0 spiro atoms. The van der Waals surface area contributed by atoms with E-state index in [-0.39, 0.29) is 22.5 Å². The zero-order valence-corrected chi connectivity index (χ0v) is 9.77. The third-order valence-corrected chi connectivity index (χ3v) is 1.92. The van der Waals surface area contributed by atoms with Crippen LogP contribution in [0.5, 0.6) is 0 Å². The lowest BCUT2D eigenvalue weighted by atomic mass is 10.4. The fraction of sp³-hybridized carbons (Fsp3) is 0.111. The van der Waals surface area contributed by atoms with E-state index < -0.39 is 5.91 Å². The van der Waals surface area contributed by atoms with Gasteiger partial charge in [0.2, 0.25) is 0 Å². The van der Waals surface area contributed by atoms with Gasteiger partial charge in [0.15, 0.2) is 22.5 Å². The first-order valence-electron chi connectivity index (χ1n) is 4.58. The quantitative estimate of drug-likeness (QED) is 0.682. The van der Waals surface area contributed by atoms with Gasteiger partial charge >= 0.3 is 0 Å². The highest BCUT2D eigenvalue weighted by molar-refractivity contribution is 6.31. The number of hydrogen-bond acceptors (Lipinski definition) is 6. The first kappa shape index (κ1) is 12.9. The molecule has 1 aromatic heterocycles. The van der Waals surface area contributed by atoms with Gasteiger partial charge in [-0.3, -0.25) is 9.79 Å². The number of aliphatic imine (C=N–C) groups is 1. The normalized spacial score (nSPS) is 11.2. The number of nitrogens with two attached hydrogens (primary N) is 2. The number of halogens is 1. The molecule has 0 saturated carbocycles. The second kappa shape index (κ2) is 5.80. The molecule has 0 aliphatic rings. The minimum Gasteiger partial charge on any atom is -0.382 e. The van der Waals surface area contributed by atoms with Crippen molar-refractivity contribution in [3.8, 4) is 0 Å². The van der Waals surface area contributed by atoms with Crippen LogP contribution in [0.1, 0.15) is 17.4 Å². The summed E-state index contributed by atoms with van der Waals surface area (Å²) in [5, 5.41) is 2.34. The minimum atomic E-state index is -0.542. The summed E-state index contributed by atoms with van der Waals surface area (Å²) in [6.45, 7) is 1.75. The lowest BCUT2D eigenvalue weighted by molar-refractivity contribution is 0.0966. The average Bonchev–Trinajstić information content (AvgIpc) is 2.29. The van der Waals surface area contributed by atoms with E-state index in [9.17, 15) is 4.79 Å². The number of hydrogen-bond donors (Lipinski definition) is 3. The Morgan fingerprint density at radius 1 is 1.41 bits per heavy atom. The van der Waals surface area contributed by atoms with Crippen LogP contribution < -0.4 is 16.8 Å². The summed E-state index contributed by atoms with van der Waals surface area (Å²) in [5.41, 5.74) is 10.8. The second-order valence-corrected chi connectivity index (χ2v) is 3.19.